The molecule has 0 radical (unpaired) electrons. The Morgan fingerprint density at radius 2 is 1.34 bits per heavy atom. The lowest BCUT2D eigenvalue weighted by atomic mass is 10.1. The summed E-state index contributed by atoms with van der Waals surface area (Å²) in [6, 6.07) is 0. The van der Waals surface area contributed by atoms with Crippen LogP contribution in [-0.4, -0.2) is 28.5 Å². The number of nitrogens with one attached hydrogen (secondary N) is 1. The third-order valence-corrected chi connectivity index (χ3v) is 6.70. The number of quaternary nitrogens is 1. The molecule has 0 spiro atoms. The van der Waals surface area contributed by atoms with Crippen molar-refractivity contribution in [1.29, 1.82) is 0 Å². The number of aliphatic hydroxyl groups excluding tert-OH is 1. The van der Waals surface area contributed by atoms with Crippen LogP contribution in [0.1, 0.15) is 124 Å². The first-order valence-corrected chi connectivity index (χ1v) is 12.8. The molecule has 0 saturated carbocycles. The maximum atomic E-state index is 10.2. The van der Waals surface area contributed by atoms with Gasteiger partial charge in [0.1, 0.15) is 6.20 Å². The highest BCUT2D eigenvalue weighted by molar-refractivity contribution is 4.85. The number of hydrogen-bond donors (Lipinski definition) is 2. The normalized spacial score (nSPS) is 22.4. The van der Waals surface area contributed by atoms with Crippen molar-refractivity contribution in [3.05, 3.63) is 24.6 Å². The quantitative estimate of drug-likeness (QED) is 0.133. The van der Waals surface area contributed by atoms with Gasteiger partial charge >= 0.3 is 0 Å². The molecule has 2 N–H and O–H groups in total. The van der Waals surface area contributed by atoms with E-state index in [2.05, 4.69) is 37.5 Å². The number of hydrogen-bond acceptors (Lipinski definition) is 2. The highest BCUT2D eigenvalue weighted by Gasteiger charge is 2.40. The van der Waals surface area contributed by atoms with E-state index in [1.165, 1.54) is 96.3 Å². The average Bonchev–Trinajstić information content (AvgIpc) is 3.14. The van der Waals surface area contributed by atoms with Crippen LogP contribution in [0.25, 0.3) is 0 Å². The molecule has 1 aliphatic rings. The SMILES string of the molecule is CCCCCCCCCCC/C=C/CCCCCCC1NC=C[N+]1(CC)C(C)O. The molecular weight excluding hydrogens is 356 g/mol. The van der Waals surface area contributed by atoms with E-state index in [-0.39, 0.29) is 6.23 Å². The van der Waals surface area contributed by atoms with Crippen LogP contribution in [0, 0.1) is 0 Å². The van der Waals surface area contributed by atoms with Crippen LogP contribution in [0.5, 0.6) is 0 Å². The summed E-state index contributed by atoms with van der Waals surface area (Å²) in [5.74, 6) is 0. The second kappa shape index (κ2) is 16.9. The number of nitrogens with zero attached hydrogens (tertiary/aromatic N) is 1. The Kier molecular flexibility index (Phi) is 15.3. The molecule has 0 aliphatic carbocycles. The lowest BCUT2D eigenvalue weighted by Crippen LogP contribution is -2.57. The fourth-order valence-corrected chi connectivity index (χ4v) is 4.60. The number of allylic oxidation sites excluding steroid dienone is 2. The van der Waals surface area contributed by atoms with Gasteiger partial charge in [-0.2, -0.15) is 0 Å². The van der Waals surface area contributed by atoms with Crippen molar-refractivity contribution in [2.75, 3.05) is 6.54 Å². The van der Waals surface area contributed by atoms with Crippen LogP contribution in [0.15, 0.2) is 24.6 Å². The van der Waals surface area contributed by atoms with Gasteiger partial charge in [0, 0.05) is 13.3 Å². The van der Waals surface area contributed by atoms with Gasteiger partial charge in [-0.3, -0.25) is 4.48 Å². The van der Waals surface area contributed by atoms with Gasteiger partial charge in [0.15, 0.2) is 12.4 Å². The predicted octanol–water partition coefficient (Wildman–Crippen LogP) is 7.38. The first kappa shape index (κ1) is 26.2. The summed E-state index contributed by atoms with van der Waals surface area (Å²) in [6.45, 7) is 7.30. The van der Waals surface area contributed by atoms with E-state index < -0.39 is 0 Å². The smallest absolute Gasteiger partial charge is 0.193 e. The minimum Gasteiger partial charge on any atom is -0.345 e. The monoisotopic (exact) mass is 407 g/mol. The Bertz CT molecular complexity index is 432. The second-order valence-electron chi connectivity index (χ2n) is 9.02. The lowest BCUT2D eigenvalue weighted by molar-refractivity contribution is -0.942. The number of aliphatic hydroxyl groups is 1. The van der Waals surface area contributed by atoms with Crippen molar-refractivity contribution >= 4 is 0 Å². The van der Waals surface area contributed by atoms with Gasteiger partial charge in [0.25, 0.3) is 0 Å². The largest absolute Gasteiger partial charge is 0.345 e. The summed E-state index contributed by atoms with van der Waals surface area (Å²) in [5.41, 5.74) is 0. The molecule has 3 atom stereocenters. The minimum absolute atomic E-state index is 0.341. The van der Waals surface area contributed by atoms with Gasteiger partial charge in [-0.15, -0.1) is 0 Å². The van der Waals surface area contributed by atoms with E-state index in [0.717, 1.165) is 13.0 Å². The molecule has 0 fully saturated rings. The fraction of sp³-hybridized carbons (Fsp3) is 0.846. The summed E-state index contributed by atoms with van der Waals surface area (Å²) in [7, 11) is 0. The molecule has 0 aromatic heterocycles. The molecule has 3 heteroatoms. The number of unbranched alkanes of at least 4 members (excludes halogenated alkanes) is 13. The summed E-state index contributed by atoms with van der Waals surface area (Å²) >= 11 is 0. The average molecular weight is 408 g/mol. The van der Waals surface area contributed by atoms with Crippen LogP contribution in [0.3, 0.4) is 0 Å². The first-order valence-electron chi connectivity index (χ1n) is 12.8. The molecule has 3 nitrogen and oxygen atoms in total. The Morgan fingerprint density at radius 1 is 0.828 bits per heavy atom. The van der Waals surface area contributed by atoms with Crippen LogP contribution in [0.2, 0.25) is 0 Å². The van der Waals surface area contributed by atoms with Gasteiger partial charge in [0.2, 0.25) is 0 Å². The van der Waals surface area contributed by atoms with Crippen LogP contribution >= 0.6 is 0 Å². The van der Waals surface area contributed by atoms with E-state index in [9.17, 15) is 5.11 Å². The van der Waals surface area contributed by atoms with E-state index in [1.54, 1.807) is 0 Å². The standard InChI is InChI=1S/C26H51N2O/c1-4-6-7-8-9-10-11-12-13-14-15-16-17-18-19-20-21-22-26-27-23-24-28(26,5-2)25(3)29/h15-16,23-27,29H,4-14,17-22H2,1-3H3/q+1/b16-15+. The maximum absolute atomic E-state index is 10.2. The summed E-state index contributed by atoms with van der Waals surface area (Å²) in [5, 5.41) is 13.6. The van der Waals surface area contributed by atoms with Crippen molar-refractivity contribution in [1.82, 2.24) is 5.32 Å². The van der Waals surface area contributed by atoms with Gasteiger partial charge < -0.3 is 10.4 Å². The summed E-state index contributed by atoms with van der Waals surface area (Å²) in [6.07, 6.45) is 30.6. The zero-order valence-electron chi connectivity index (χ0n) is 19.9. The predicted molar refractivity (Wildman–Crippen MR) is 127 cm³/mol. The Labute approximate surface area is 182 Å². The molecule has 1 rings (SSSR count). The molecule has 3 unspecified atom stereocenters. The van der Waals surface area contributed by atoms with E-state index >= 15 is 0 Å². The molecule has 170 valence electrons. The molecule has 1 aliphatic heterocycles. The molecule has 0 bridgehead atoms. The Balaban J connectivity index is 1.90. The molecular formula is C26H51N2O+. The van der Waals surface area contributed by atoms with E-state index in [4.69, 9.17) is 0 Å². The topological polar surface area (TPSA) is 32.3 Å². The minimum atomic E-state index is -0.341. The molecule has 0 saturated heterocycles. The van der Waals surface area contributed by atoms with Crippen molar-refractivity contribution in [3.63, 3.8) is 0 Å². The zero-order chi connectivity index (χ0) is 21.2. The van der Waals surface area contributed by atoms with Crippen molar-refractivity contribution in [2.45, 2.75) is 136 Å². The van der Waals surface area contributed by atoms with Gasteiger partial charge in [0.05, 0.1) is 12.7 Å². The van der Waals surface area contributed by atoms with Crippen LogP contribution in [-0.2, 0) is 0 Å². The molecule has 29 heavy (non-hydrogen) atoms. The highest BCUT2D eigenvalue weighted by atomic mass is 16.3. The lowest BCUT2D eigenvalue weighted by Gasteiger charge is -2.39. The molecule has 1 heterocycles. The van der Waals surface area contributed by atoms with Gasteiger partial charge in [-0.25, -0.2) is 0 Å². The number of rotatable bonds is 19. The molecule has 0 aromatic carbocycles. The van der Waals surface area contributed by atoms with Crippen LogP contribution in [0.4, 0.5) is 0 Å². The van der Waals surface area contributed by atoms with Crippen molar-refractivity contribution in [2.24, 2.45) is 0 Å². The van der Waals surface area contributed by atoms with E-state index in [1.807, 2.05) is 13.1 Å². The van der Waals surface area contributed by atoms with Gasteiger partial charge in [-0.1, -0.05) is 83.3 Å². The fourth-order valence-electron chi connectivity index (χ4n) is 4.60. The molecule has 0 aromatic rings. The highest BCUT2D eigenvalue weighted by Crippen LogP contribution is 2.25. The summed E-state index contributed by atoms with van der Waals surface area (Å²) < 4.78 is 0.668. The van der Waals surface area contributed by atoms with Crippen molar-refractivity contribution in [3.8, 4) is 0 Å². The van der Waals surface area contributed by atoms with Gasteiger partial charge in [-0.05, 0) is 39.0 Å². The third kappa shape index (κ3) is 10.7. The first-order chi connectivity index (χ1) is 14.2. The Hall–Kier alpha value is -0.800. The van der Waals surface area contributed by atoms with Crippen molar-refractivity contribution < 1.29 is 9.59 Å². The summed E-state index contributed by atoms with van der Waals surface area (Å²) in [4.78, 5) is 0. The molecule has 0 amide bonds. The third-order valence-electron chi connectivity index (χ3n) is 6.70. The Morgan fingerprint density at radius 3 is 1.86 bits per heavy atom. The zero-order valence-corrected chi connectivity index (χ0v) is 19.9. The van der Waals surface area contributed by atoms with E-state index in [0.29, 0.717) is 10.6 Å². The second-order valence-corrected chi connectivity index (χ2v) is 9.02. The van der Waals surface area contributed by atoms with Crippen LogP contribution < -0.4 is 5.32 Å². The maximum Gasteiger partial charge on any atom is 0.193 e.